The molecule has 0 aromatic heterocycles. The molecule has 0 aliphatic carbocycles. The first-order valence-corrected chi connectivity index (χ1v) is 3.20. The van der Waals surface area contributed by atoms with E-state index in [1.165, 1.54) is 0 Å². The third kappa shape index (κ3) is 1.45. The minimum Gasteiger partial charge on any atom is -0.550 e. The van der Waals surface area contributed by atoms with Gasteiger partial charge in [-0.2, -0.15) is 0 Å². The normalized spacial score (nSPS) is 30.9. The monoisotopic (exact) mass is 187 g/mol. The van der Waals surface area contributed by atoms with Gasteiger partial charge in [-0.25, -0.2) is 0 Å². The summed E-state index contributed by atoms with van der Waals surface area (Å²) < 4.78 is 4.19. The first-order chi connectivity index (χ1) is 5.90. The molecule has 1 saturated heterocycles. The fourth-order valence-corrected chi connectivity index (χ4v) is 0.991. The molecular weight excluding hydrogens is 184 g/mol. The van der Waals surface area contributed by atoms with Gasteiger partial charge >= 0.3 is 0 Å². The van der Waals surface area contributed by atoms with Crippen LogP contribution < -0.4 is 15.3 Å². The Morgan fingerprint density at radius 3 is 2.00 bits per heavy atom. The highest BCUT2D eigenvalue weighted by Crippen LogP contribution is 2.38. The van der Waals surface area contributed by atoms with Crippen LogP contribution in [0, 0.1) is 0 Å². The number of hydrogen-bond donors (Lipinski definition) is 0. The van der Waals surface area contributed by atoms with Crippen molar-refractivity contribution in [1.29, 1.82) is 0 Å². The zero-order valence-electron chi connectivity index (χ0n) is 6.14. The Morgan fingerprint density at radius 2 is 1.77 bits per heavy atom. The SMILES string of the molecule is O=C([O-])C[C@@]1(C(=O)[O-])O[C@@H]1C(=O)[O-]. The summed E-state index contributed by atoms with van der Waals surface area (Å²) in [6.07, 6.45) is -2.83. The third-order valence-corrected chi connectivity index (χ3v) is 1.66. The largest absolute Gasteiger partial charge is 0.550 e. The highest BCUT2D eigenvalue weighted by molar-refractivity contribution is 5.93. The summed E-state index contributed by atoms with van der Waals surface area (Å²) in [5, 5.41) is 30.5. The van der Waals surface area contributed by atoms with Gasteiger partial charge in [-0.05, 0) is 0 Å². The number of carboxylic acids is 3. The van der Waals surface area contributed by atoms with Gasteiger partial charge in [0.1, 0.15) is 11.7 Å². The molecule has 0 saturated carbocycles. The summed E-state index contributed by atoms with van der Waals surface area (Å²) >= 11 is 0. The fraction of sp³-hybridized carbons (Fsp3) is 0.500. The molecule has 1 aliphatic rings. The zero-order valence-corrected chi connectivity index (χ0v) is 6.14. The van der Waals surface area contributed by atoms with Crippen LogP contribution in [0.1, 0.15) is 6.42 Å². The van der Waals surface area contributed by atoms with Crippen LogP contribution >= 0.6 is 0 Å². The number of carbonyl (C=O) groups is 3. The average Bonchev–Trinajstić information content (AvgIpc) is 2.62. The van der Waals surface area contributed by atoms with Gasteiger partial charge in [-0.15, -0.1) is 0 Å². The number of rotatable bonds is 4. The number of aliphatic carboxylic acids is 3. The molecule has 2 atom stereocenters. The number of carboxylic acid groups (broad SMARTS) is 3. The van der Waals surface area contributed by atoms with E-state index in [-0.39, 0.29) is 0 Å². The molecule has 1 fully saturated rings. The highest BCUT2D eigenvalue weighted by atomic mass is 16.7. The minimum atomic E-state index is -2.31. The first-order valence-electron chi connectivity index (χ1n) is 3.20. The molecule has 1 rings (SSSR count). The van der Waals surface area contributed by atoms with Gasteiger partial charge < -0.3 is 34.4 Å². The van der Waals surface area contributed by atoms with Crippen LogP contribution in [0.5, 0.6) is 0 Å². The van der Waals surface area contributed by atoms with Crippen LogP contribution in [0.3, 0.4) is 0 Å². The van der Waals surface area contributed by atoms with Crippen molar-refractivity contribution in [2.45, 2.75) is 18.1 Å². The van der Waals surface area contributed by atoms with Gasteiger partial charge in [0, 0.05) is 12.4 Å². The topological polar surface area (TPSA) is 133 Å². The van der Waals surface area contributed by atoms with E-state index in [0.29, 0.717) is 0 Å². The summed E-state index contributed by atoms with van der Waals surface area (Å²) in [5.41, 5.74) is -2.31. The zero-order chi connectivity index (χ0) is 10.2. The van der Waals surface area contributed by atoms with Crippen molar-refractivity contribution in [3.63, 3.8) is 0 Å². The molecule has 0 aromatic carbocycles. The Bertz CT molecular complexity index is 283. The second-order valence-electron chi connectivity index (χ2n) is 2.54. The number of hydrogen-bond acceptors (Lipinski definition) is 7. The predicted octanol–water partition coefficient (Wildman–Crippen LogP) is -5.24. The molecule has 1 aliphatic heterocycles. The molecule has 0 bridgehead atoms. The van der Waals surface area contributed by atoms with E-state index in [2.05, 4.69) is 4.74 Å². The van der Waals surface area contributed by atoms with Crippen molar-refractivity contribution < 1.29 is 34.4 Å². The highest BCUT2D eigenvalue weighted by Gasteiger charge is 2.58. The van der Waals surface area contributed by atoms with Crippen LogP contribution in [0.4, 0.5) is 0 Å². The maximum absolute atomic E-state index is 10.3. The van der Waals surface area contributed by atoms with E-state index in [1.807, 2.05) is 0 Å². The van der Waals surface area contributed by atoms with Crippen LogP contribution in [0.2, 0.25) is 0 Å². The molecular formula is C6H3O7-3. The average molecular weight is 187 g/mol. The molecule has 13 heavy (non-hydrogen) atoms. The van der Waals surface area contributed by atoms with E-state index in [1.54, 1.807) is 0 Å². The molecule has 1 heterocycles. The molecule has 0 radical (unpaired) electrons. The van der Waals surface area contributed by atoms with E-state index < -0.39 is 36.0 Å². The van der Waals surface area contributed by atoms with Crippen molar-refractivity contribution in [3.8, 4) is 0 Å². The Kier molecular flexibility index (Phi) is 1.96. The van der Waals surface area contributed by atoms with Gasteiger partial charge in [0.15, 0.2) is 0 Å². The second kappa shape index (κ2) is 2.70. The predicted molar refractivity (Wildman–Crippen MR) is 27.2 cm³/mol. The Balaban J connectivity index is 2.77. The van der Waals surface area contributed by atoms with Gasteiger partial charge in [-0.1, -0.05) is 0 Å². The lowest BCUT2D eigenvalue weighted by atomic mass is 10.0. The molecule has 0 unspecified atom stereocenters. The van der Waals surface area contributed by atoms with Crippen LogP contribution in [-0.2, 0) is 19.1 Å². The Hall–Kier alpha value is -1.63. The fourth-order valence-electron chi connectivity index (χ4n) is 0.991. The van der Waals surface area contributed by atoms with Gasteiger partial charge in [0.05, 0.1) is 11.9 Å². The van der Waals surface area contributed by atoms with Crippen LogP contribution in [-0.4, -0.2) is 29.6 Å². The summed E-state index contributed by atoms with van der Waals surface area (Å²) in [4.78, 5) is 30.5. The van der Waals surface area contributed by atoms with Crippen molar-refractivity contribution in [2.24, 2.45) is 0 Å². The molecule has 0 aromatic rings. The molecule has 0 spiro atoms. The van der Waals surface area contributed by atoms with Gasteiger partial charge in [-0.3, -0.25) is 0 Å². The summed E-state index contributed by atoms with van der Waals surface area (Å²) in [6.45, 7) is 0. The Labute approximate surface area is 71.5 Å². The van der Waals surface area contributed by atoms with E-state index in [0.717, 1.165) is 0 Å². The molecule has 72 valence electrons. The number of epoxide rings is 1. The summed E-state index contributed by atoms with van der Waals surface area (Å²) in [5.74, 6) is -5.41. The van der Waals surface area contributed by atoms with E-state index >= 15 is 0 Å². The standard InChI is InChI=1S/C6H6O7/c7-2(8)1-6(5(11)12)3(13-6)4(9)10/h3H,1H2,(H,7,8)(H,9,10)(H,11,12)/p-3/t3-,6-/m1/s1. The maximum Gasteiger partial charge on any atom is 0.145 e. The van der Waals surface area contributed by atoms with Crippen molar-refractivity contribution >= 4 is 17.9 Å². The number of ether oxygens (including phenoxy) is 1. The molecule has 7 nitrogen and oxygen atoms in total. The quantitative estimate of drug-likeness (QED) is 0.401. The Morgan fingerprint density at radius 1 is 1.23 bits per heavy atom. The van der Waals surface area contributed by atoms with Crippen molar-refractivity contribution in [1.82, 2.24) is 0 Å². The molecule has 7 heteroatoms. The molecule has 0 amide bonds. The minimum absolute atomic E-state index is 1.06. The second-order valence-corrected chi connectivity index (χ2v) is 2.54. The lowest BCUT2D eigenvalue weighted by Crippen LogP contribution is -2.47. The third-order valence-electron chi connectivity index (χ3n) is 1.66. The number of carbonyl (C=O) groups excluding carboxylic acids is 3. The van der Waals surface area contributed by atoms with Gasteiger partial charge in [0.2, 0.25) is 0 Å². The van der Waals surface area contributed by atoms with Gasteiger partial charge in [0.25, 0.3) is 0 Å². The lowest BCUT2D eigenvalue weighted by molar-refractivity contribution is -0.322. The maximum atomic E-state index is 10.3. The van der Waals surface area contributed by atoms with Crippen molar-refractivity contribution in [3.05, 3.63) is 0 Å². The van der Waals surface area contributed by atoms with Crippen molar-refractivity contribution in [2.75, 3.05) is 0 Å². The van der Waals surface area contributed by atoms with E-state index in [4.69, 9.17) is 0 Å². The van der Waals surface area contributed by atoms with Crippen LogP contribution in [0.25, 0.3) is 0 Å². The first kappa shape index (κ1) is 9.46. The summed E-state index contributed by atoms with van der Waals surface area (Å²) in [6, 6.07) is 0. The smallest absolute Gasteiger partial charge is 0.145 e. The van der Waals surface area contributed by atoms with Crippen LogP contribution in [0.15, 0.2) is 0 Å². The lowest BCUT2D eigenvalue weighted by Gasteiger charge is -2.14. The molecule has 0 N–H and O–H groups in total. The van der Waals surface area contributed by atoms with E-state index in [9.17, 15) is 29.7 Å². The summed E-state index contributed by atoms with van der Waals surface area (Å²) in [7, 11) is 0.